The number of rotatable bonds is 2. The summed E-state index contributed by atoms with van der Waals surface area (Å²) in [7, 11) is 0. The molecule has 3 rings (SSSR count). The average Bonchev–Trinajstić information content (AvgIpc) is 2.86. The van der Waals surface area contributed by atoms with E-state index in [2.05, 4.69) is 16.7 Å². The van der Waals surface area contributed by atoms with Crippen molar-refractivity contribution < 1.29 is 0 Å². The van der Waals surface area contributed by atoms with Crippen molar-refractivity contribution in [3.8, 4) is 0 Å². The van der Waals surface area contributed by atoms with Gasteiger partial charge < -0.3 is 15.5 Å². The zero-order valence-corrected chi connectivity index (χ0v) is 11.9. The lowest BCUT2D eigenvalue weighted by Crippen LogP contribution is -2.50. The maximum absolute atomic E-state index is 6.04. The SMILES string of the molecule is CC(N)C1CCN(C2CCN3CCCC3C2)CC1. The molecule has 3 aliphatic heterocycles. The molecule has 3 fully saturated rings. The number of nitrogens with two attached hydrogens (primary N) is 1. The first kappa shape index (κ1) is 12.9. The highest BCUT2D eigenvalue weighted by Crippen LogP contribution is 2.31. The first-order valence-corrected chi connectivity index (χ1v) is 7.97. The van der Waals surface area contributed by atoms with Crippen LogP contribution in [0.2, 0.25) is 0 Å². The van der Waals surface area contributed by atoms with Crippen molar-refractivity contribution in [2.45, 2.75) is 63.6 Å². The van der Waals surface area contributed by atoms with E-state index >= 15 is 0 Å². The molecule has 3 aliphatic rings. The highest BCUT2D eigenvalue weighted by atomic mass is 15.2. The first-order chi connectivity index (χ1) is 8.74. The highest BCUT2D eigenvalue weighted by Gasteiger charge is 2.35. The van der Waals surface area contributed by atoms with Crippen LogP contribution in [0.25, 0.3) is 0 Å². The Kier molecular flexibility index (Phi) is 3.92. The topological polar surface area (TPSA) is 32.5 Å². The van der Waals surface area contributed by atoms with Crippen molar-refractivity contribution in [2.75, 3.05) is 26.2 Å². The first-order valence-electron chi connectivity index (χ1n) is 7.97. The highest BCUT2D eigenvalue weighted by molar-refractivity contribution is 4.91. The summed E-state index contributed by atoms with van der Waals surface area (Å²) in [4.78, 5) is 5.50. The van der Waals surface area contributed by atoms with Crippen molar-refractivity contribution in [1.29, 1.82) is 0 Å². The van der Waals surface area contributed by atoms with Crippen molar-refractivity contribution in [1.82, 2.24) is 9.80 Å². The molecule has 104 valence electrons. The van der Waals surface area contributed by atoms with E-state index in [1.165, 1.54) is 64.7 Å². The molecule has 3 unspecified atom stereocenters. The standard InChI is InChI=1S/C15H29N3/c1-12(16)13-4-8-18(9-5-13)15-6-10-17-7-2-3-14(17)11-15/h12-15H,2-11,16H2,1H3. The monoisotopic (exact) mass is 251 g/mol. The molecule has 0 aliphatic carbocycles. The molecule has 0 aromatic rings. The molecule has 3 heteroatoms. The van der Waals surface area contributed by atoms with Gasteiger partial charge in [0.25, 0.3) is 0 Å². The van der Waals surface area contributed by atoms with Crippen LogP contribution in [0.3, 0.4) is 0 Å². The molecule has 0 bridgehead atoms. The second-order valence-corrected chi connectivity index (χ2v) is 6.74. The van der Waals surface area contributed by atoms with Gasteiger partial charge in [0.1, 0.15) is 0 Å². The lowest BCUT2D eigenvalue weighted by molar-refractivity contribution is 0.0594. The van der Waals surface area contributed by atoms with Crippen LogP contribution in [0.5, 0.6) is 0 Å². The molecule has 2 N–H and O–H groups in total. The summed E-state index contributed by atoms with van der Waals surface area (Å²) >= 11 is 0. The van der Waals surface area contributed by atoms with Gasteiger partial charge in [-0.2, -0.15) is 0 Å². The van der Waals surface area contributed by atoms with Crippen LogP contribution in [-0.2, 0) is 0 Å². The third-order valence-corrected chi connectivity index (χ3v) is 5.63. The molecule has 3 atom stereocenters. The van der Waals surface area contributed by atoms with E-state index in [4.69, 9.17) is 5.73 Å². The Morgan fingerprint density at radius 2 is 1.50 bits per heavy atom. The van der Waals surface area contributed by atoms with E-state index in [1.54, 1.807) is 0 Å². The summed E-state index contributed by atoms with van der Waals surface area (Å²) < 4.78 is 0. The lowest BCUT2D eigenvalue weighted by atomic mass is 9.88. The molecule has 0 aromatic carbocycles. The molecule has 0 aromatic heterocycles. The van der Waals surface area contributed by atoms with Crippen LogP contribution in [-0.4, -0.2) is 54.1 Å². The molecular weight excluding hydrogens is 222 g/mol. The van der Waals surface area contributed by atoms with Gasteiger partial charge in [0, 0.05) is 18.1 Å². The summed E-state index contributed by atoms with van der Waals surface area (Å²) in [6.45, 7) is 7.48. The Morgan fingerprint density at radius 1 is 0.889 bits per heavy atom. The number of hydrogen-bond acceptors (Lipinski definition) is 3. The van der Waals surface area contributed by atoms with Gasteiger partial charge in [-0.05, 0) is 77.5 Å². The maximum Gasteiger partial charge on any atom is 0.0122 e. The van der Waals surface area contributed by atoms with Gasteiger partial charge in [0.15, 0.2) is 0 Å². The number of hydrogen-bond donors (Lipinski definition) is 1. The number of nitrogens with zero attached hydrogens (tertiary/aromatic N) is 2. The van der Waals surface area contributed by atoms with Gasteiger partial charge in [-0.3, -0.25) is 0 Å². The lowest BCUT2D eigenvalue weighted by Gasteiger charge is -2.44. The zero-order valence-electron chi connectivity index (χ0n) is 11.9. The van der Waals surface area contributed by atoms with Crippen molar-refractivity contribution in [3.63, 3.8) is 0 Å². The van der Waals surface area contributed by atoms with E-state index in [0.29, 0.717) is 6.04 Å². The Balaban J connectivity index is 1.51. The van der Waals surface area contributed by atoms with Gasteiger partial charge in [-0.15, -0.1) is 0 Å². The Morgan fingerprint density at radius 3 is 2.22 bits per heavy atom. The quantitative estimate of drug-likeness (QED) is 0.810. The van der Waals surface area contributed by atoms with Crippen molar-refractivity contribution >= 4 is 0 Å². The number of likely N-dealkylation sites (tertiary alicyclic amines) is 1. The molecule has 0 saturated carbocycles. The van der Waals surface area contributed by atoms with E-state index < -0.39 is 0 Å². The fraction of sp³-hybridized carbons (Fsp3) is 1.00. The minimum Gasteiger partial charge on any atom is -0.328 e. The fourth-order valence-electron chi connectivity index (χ4n) is 4.35. The Labute approximate surface area is 112 Å². The van der Waals surface area contributed by atoms with Crippen LogP contribution < -0.4 is 5.73 Å². The molecule has 18 heavy (non-hydrogen) atoms. The van der Waals surface area contributed by atoms with Crippen molar-refractivity contribution in [3.05, 3.63) is 0 Å². The Hall–Kier alpha value is -0.120. The third-order valence-electron chi connectivity index (χ3n) is 5.63. The van der Waals surface area contributed by atoms with E-state index in [-0.39, 0.29) is 0 Å². The van der Waals surface area contributed by atoms with Crippen LogP contribution in [0, 0.1) is 5.92 Å². The number of fused-ring (bicyclic) bond motifs is 1. The second kappa shape index (κ2) is 5.48. The predicted octanol–water partition coefficient (Wildman–Crippen LogP) is 1.67. The van der Waals surface area contributed by atoms with E-state index in [0.717, 1.165) is 18.0 Å². The average molecular weight is 251 g/mol. The summed E-state index contributed by atoms with van der Waals surface area (Å²) in [6.07, 6.45) is 8.37. The van der Waals surface area contributed by atoms with Crippen LogP contribution in [0.15, 0.2) is 0 Å². The van der Waals surface area contributed by atoms with Crippen LogP contribution in [0.1, 0.15) is 45.4 Å². The maximum atomic E-state index is 6.04. The molecule has 0 amide bonds. The smallest absolute Gasteiger partial charge is 0.0122 e. The minimum atomic E-state index is 0.392. The summed E-state index contributed by atoms with van der Waals surface area (Å²) in [5, 5.41) is 0. The van der Waals surface area contributed by atoms with Gasteiger partial charge in [-0.25, -0.2) is 0 Å². The molecule has 3 heterocycles. The second-order valence-electron chi connectivity index (χ2n) is 6.74. The zero-order chi connectivity index (χ0) is 12.5. The van der Waals surface area contributed by atoms with Gasteiger partial charge in [-0.1, -0.05) is 0 Å². The molecule has 3 nitrogen and oxygen atoms in total. The summed E-state index contributed by atoms with van der Waals surface area (Å²) in [5.74, 6) is 0.771. The molecule has 0 spiro atoms. The van der Waals surface area contributed by atoms with E-state index in [9.17, 15) is 0 Å². The Bertz CT molecular complexity index is 271. The van der Waals surface area contributed by atoms with Gasteiger partial charge in [0.2, 0.25) is 0 Å². The molecule has 0 radical (unpaired) electrons. The third kappa shape index (κ3) is 2.59. The van der Waals surface area contributed by atoms with Gasteiger partial charge >= 0.3 is 0 Å². The molecular formula is C15H29N3. The van der Waals surface area contributed by atoms with Crippen LogP contribution in [0.4, 0.5) is 0 Å². The van der Waals surface area contributed by atoms with Crippen LogP contribution >= 0.6 is 0 Å². The largest absolute Gasteiger partial charge is 0.328 e. The normalized spacial score (nSPS) is 37.7. The summed E-state index contributed by atoms with van der Waals surface area (Å²) in [5.41, 5.74) is 6.04. The molecule has 3 saturated heterocycles. The fourth-order valence-corrected chi connectivity index (χ4v) is 4.35. The minimum absolute atomic E-state index is 0.392. The summed E-state index contributed by atoms with van der Waals surface area (Å²) in [6, 6.07) is 2.18. The van der Waals surface area contributed by atoms with Gasteiger partial charge in [0.05, 0.1) is 0 Å². The van der Waals surface area contributed by atoms with Crippen molar-refractivity contribution in [2.24, 2.45) is 11.7 Å². The van der Waals surface area contributed by atoms with E-state index in [1.807, 2.05) is 0 Å². The number of piperidine rings is 2. The predicted molar refractivity (Wildman–Crippen MR) is 75.6 cm³/mol.